The van der Waals surface area contributed by atoms with E-state index in [1.54, 1.807) is 29.0 Å². The van der Waals surface area contributed by atoms with Crippen molar-refractivity contribution in [2.75, 3.05) is 0 Å². The zero-order valence-electron chi connectivity index (χ0n) is 9.96. The van der Waals surface area contributed by atoms with Gasteiger partial charge in [-0.05, 0) is 36.2 Å². The molecule has 0 spiro atoms. The van der Waals surface area contributed by atoms with E-state index in [1.165, 1.54) is 12.1 Å². The summed E-state index contributed by atoms with van der Waals surface area (Å²) in [6, 6.07) is 9.96. The van der Waals surface area contributed by atoms with Crippen LogP contribution in [0.5, 0.6) is 0 Å². The van der Waals surface area contributed by atoms with Crippen LogP contribution in [-0.4, -0.2) is 15.6 Å². The quantitative estimate of drug-likeness (QED) is 0.895. The number of carboxylic acid groups (broad SMARTS) is 1. The monoisotopic (exact) mass is 243 g/mol. The van der Waals surface area contributed by atoms with Crippen molar-refractivity contribution in [2.24, 2.45) is 0 Å². The summed E-state index contributed by atoms with van der Waals surface area (Å²) in [6.45, 7) is 2.31. The molecule has 0 fully saturated rings. The first-order valence-electron chi connectivity index (χ1n) is 5.55. The van der Waals surface area contributed by atoms with Gasteiger partial charge in [0.15, 0.2) is 0 Å². The molecule has 0 saturated carbocycles. The Morgan fingerprint density at radius 2 is 1.89 bits per heavy atom. The summed E-state index contributed by atoms with van der Waals surface area (Å²) >= 11 is 0. The highest BCUT2D eigenvalue weighted by Crippen LogP contribution is 2.06. The van der Waals surface area contributed by atoms with Gasteiger partial charge in [-0.2, -0.15) is 0 Å². The van der Waals surface area contributed by atoms with Crippen LogP contribution in [0.4, 0.5) is 0 Å². The maximum atomic E-state index is 11.7. The van der Waals surface area contributed by atoms with Crippen molar-refractivity contribution in [3.8, 4) is 0 Å². The minimum absolute atomic E-state index is 0.0580. The number of aromatic carboxylic acids is 1. The molecule has 0 aliphatic heterocycles. The van der Waals surface area contributed by atoms with Crippen molar-refractivity contribution in [3.05, 3.63) is 69.6 Å². The highest BCUT2D eigenvalue weighted by atomic mass is 16.4. The molecule has 2 aromatic rings. The van der Waals surface area contributed by atoms with E-state index in [0.29, 0.717) is 6.54 Å². The standard InChI is InChI=1S/C14H13NO3/c1-10-6-7-15(13(16)8-10)9-11-2-4-12(5-3-11)14(17)18/h2-8H,9H2,1H3,(H,17,18). The van der Waals surface area contributed by atoms with Gasteiger partial charge in [0.05, 0.1) is 12.1 Å². The molecular weight excluding hydrogens is 230 g/mol. The van der Waals surface area contributed by atoms with Crippen molar-refractivity contribution < 1.29 is 9.90 Å². The number of pyridine rings is 1. The highest BCUT2D eigenvalue weighted by molar-refractivity contribution is 5.87. The maximum Gasteiger partial charge on any atom is 0.335 e. The molecule has 0 radical (unpaired) electrons. The van der Waals surface area contributed by atoms with Crippen molar-refractivity contribution in [3.63, 3.8) is 0 Å². The number of nitrogens with zero attached hydrogens (tertiary/aromatic N) is 1. The fourth-order valence-corrected chi connectivity index (χ4v) is 1.69. The molecule has 0 unspecified atom stereocenters. The molecule has 1 aromatic heterocycles. The zero-order chi connectivity index (χ0) is 13.1. The third kappa shape index (κ3) is 2.66. The average Bonchev–Trinajstić information content (AvgIpc) is 2.33. The van der Waals surface area contributed by atoms with Gasteiger partial charge >= 0.3 is 5.97 Å². The number of hydrogen-bond donors (Lipinski definition) is 1. The molecule has 0 aliphatic rings. The van der Waals surface area contributed by atoms with Gasteiger partial charge in [-0.15, -0.1) is 0 Å². The predicted molar refractivity (Wildman–Crippen MR) is 67.9 cm³/mol. The van der Waals surface area contributed by atoms with Crippen LogP contribution in [0, 0.1) is 6.92 Å². The minimum atomic E-state index is -0.950. The van der Waals surface area contributed by atoms with E-state index in [1.807, 2.05) is 13.0 Å². The van der Waals surface area contributed by atoms with Gasteiger partial charge in [0.25, 0.3) is 5.56 Å². The van der Waals surface area contributed by atoms with E-state index < -0.39 is 5.97 Å². The molecular formula is C14H13NO3. The van der Waals surface area contributed by atoms with E-state index in [4.69, 9.17) is 5.11 Å². The van der Waals surface area contributed by atoms with E-state index in [2.05, 4.69) is 0 Å². The van der Waals surface area contributed by atoms with Crippen LogP contribution in [0.2, 0.25) is 0 Å². The summed E-state index contributed by atoms with van der Waals surface area (Å²) < 4.78 is 1.59. The molecule has 1 aromatic carbocycles. The number of carboxylic acids is 1. The summed E-state index contributed by atoms with van der Waals surface area (Å²) in [5.74, 6) is -0.950. The van der Waals surface area contributed by atoms with E-state index in [0.717, 1.165) is 11.1 Å². The Balaban J connectivity index is 2.23. The van der Waals surface area contributed by atoms with Crippen LogP contribution in [-0.2, 0) is 6.54 Å². The molecule has 0 atom stereocenters. The summed E-state index contributed by atoms with van der Waals surface area (Å²) in [5.41, 5.74) is 2.01. The second-order valence-electron chi connectivity index (χ2n) is 4.17. The topological polar surface area (TPSA) is 59.3 Å². The van der Waals surface area contributed by atoms with Crippen molar-refractivity contribution in [1.82, 2.24) is 4.57 Å². The predicted octanol–water partition coefficient (Wildman–Crippen LogP) is 1.90. The van der Waals surface area contributed by atoms with Crippen LogP contribution in [0.25, 0.3) is 0 Å². The summed E-state index contributed by atoms with van der Waals surface area (Å²) in [6.07, 6.45) is 1.74. The lowest BCUT2D eigenvalue weighted by molar-refractivity contribution is 0.0697. The van der Waals surface area contributed by atoms with E-state index in [9.17, 15) is 9.59 Å². The summed E-state index contributed by atoms with van der Waals surface area (Å²) in [7, 11) is 0. The van der Waals surface area contributed by atoms with Gasteiger partial charge in [0.1, 0.15) is 0 Å². The number of aryl methyl sites for hydroxylation is 1. The number of benzene rings is 1. The van der Waals surface area contributed by atoms with Crippen LogP contribution in [0.15, 0.2) is 47.4 Å². The Hall–Kier alpha value is -2.36. The van der Waals surface area contributed by atoms with Gasteiger partial charge in [-0.1, -0.05) is 12.1 Å². The molecule has 1 heterocycles. The lowest BCUT2D eigenvalue weighted by Gasteiger charge is -2.06. The average molecular weight is 243 g/mol. The first-order chi connectivity index (χ1) is 8.56. The Labute approximate surface area is 104 Å². The lowest BCUT2D eigenvalue weighted by Crippen LogP contribution is -2.19. The van der Waals surface area contributed by atoms with Crippen LogP contribution < -0.4 is 5.56 Å². The largest absolute Gasteiger partial charge is 0.478 e. The Morgan fingerprint density at radius 3 is 2.44 bits per heavy atom. The molecule has 4 heteroatoms. The zero-order valence-corrected chi connectivity index (χ0v) is 9.96. The fourth-order valence-electron chi connectivity index (χ4n) is 1.69. The van der Waals surface area contributed by atoms with Gasteiger partial charge in [0.2, 0.25) is 0 Å². The molecule has 0 saturated heterocycles. The SMILES string of the molecule is Cc1ccn(Cc2ccc(C(=O)O)cc2)c(=O)c1. The first-order valence-corrected chi connectivity index (χ1v) is 5.55. The molecule has 2 rings (SSSR count). The third-order valence-electron chi connectivity index (χ3n) is 2.71. The fraction of sp³-hybridized carbons (Fsp3) is 0.143. The van der Waals surface area contributed by atoms with E-state index in [-0.39, 0.29) is 11.1 Å². The minimum Gasteiger partial charge on any atom is -0.478 e. The highest BCUT2D eigenvalue weighted by Gasteiger charge is 2.02. The van der Waals surface area contributed by atoms with Crippen molar-refractivity contribution >= 4 is 5.97 Å². The maximum absolute atomic E-state index is 11.7. The van der Waals surface area contributed by atoms with Crippen LogP contribution >= 0.6 is 0 Å². The molecule has 0 amide bonds. The summed E-state index contributed by atoms with van der Waals surface area (Å²) in [4.78, 5) is 22.4. The number of aromatic nitrogens is 1. The smallest absolute Gasteiger partial charge is 0.335 e. The van der Waals surface area contributed by atoms with Crippen molar-refractivity contribution in [1.29, 1.82) is 0 Å². The van der Waals surface area contributed by atoms with Gasteiger partial charge < -0.3 is 9.67 Å². The molecule has 4 nitrogen and oxygen atoms in total. The van der Waals surface area contributed by atoms with Crippen molar-refractivity contribution in [2.45, 2.75) is 13.5 Å². The number of carbonyl (C=O) groups is 1. The summed E-state index contributed by atoms with van der Waals surface area (Å²) in [5, 5.41) is 8.78. The van der Waals surface area contributed by atoms with Crippen LogP contribution in [0.3, 0.4) is 0 Å². The van der Waals surface area contributed by atoms with Gasteiger partial charge in [-0.25, -0.2) is 4.79 Å². The van der Waals surface area contributed by atoms with Gasteiger partial charge in [-0.3, -0.25) is 4.79 Å². The first kappa shape index (κ1) is 12.1. The van der Waals surface area contributed by atoms with Crippen LogP contribution in [0.1, 0.15) is 21.5 Å². The molecule has 92 valence electrons. The third-order valence-corrected chi connectivity index (χ3v) is 2.71. The normalized spacial score (nSPS) is 10.3. The van der Waals surface area contributed by atoms with E-state index >= 15 is 0 Å². The Morgan fingerprint density at radius 1 is 1.22 bits per heavy atom. The number of hydrogen-bond acceptors (Lipinski definition) is 2. The Kier molecular flexibility index (Phi) is 3.28. The lowest BCUT2D eigenvalue weighted by atomic mass is 10.1. The second kappa shape index (κ2) is 4.87. The molecule has 1 N–H and O–H groups in total. The second-order valence-corrected chi connectivity index (χ2v) is 4.17. The molecule has 0 bridgehead atoms. The number of rotatable bonds is 3. The Bertz CT molecular complexity index is 626. The van der Waals surface area contributed by atoms with Gasteiger partial charge in [0, 0.05) is 12.3 Å². The molecule has 0 aliphatic carbocycles. The molecule has 18 heavy (non-hydrogen) atoms.